The molecule has 0 saturated heterocycles. The molecule has 0 amide bonds. The molecule has 0 saturated carbocycles. The summed E-state index contributed by atoms with van der Waals surface area (Å²) in [6.07, 6.45) is 3.41. The zero-order chi connectivity index (χ0) is 11.7. The number of hydrogen-bond acceptors (Lipinski definition) is 4. The molecular weight excluding hydrogens is 204 g/mol. The molecule has 82 valence electrons. The maximum atomic E-state index is 11.1. The third-order valence-corrected chi connectivity index (χ3v) is 2.30. The maximum absolute atomic E-state index is 11.1. The number of nitrogens with zero attached hydrogens (tertiary/aromatic N) is 4. The van der Waals surface area contributed by atoms with Gasteiger partial charge in [-0.2, -0.15) is 0 Å². The number of Topliss-reactive ketones (excluding diaryl/α,β-unsaturated/α-hetero) is 1. The fourth-order valence-corrected chi connectivity index (χ4v) is 1.40. The fourth-order valence-electron chi connectivity index (χ4n) is 1.40. The van der Waals surface area contributed by atoms with Gasteiger partial charge in [-0.3, -0.25) is 9.78 Å². The molecule has 2 aromatic heterocycles. The smallest absolute Gasteiger partial charge is 0.181 e. The maximum Gasteiger partial charge on any atom is 0.181 e. The zero-order valence-electron chi connectivity index (χ0n) is 9.43. The number of pyridine rings is 1. The molecule has 0 aliphatic heterocycles. The van der Waals surface area contributed by atoms with Crippen molar-refractivity contribution in [3.05, 3.63) is 35.4 Å². The van der Waals surface area contributed by atoms with E-state index >= 15 is 0 Å². The molecule has 5 heteroatoms. The molecule has 0 atom stereocenters. The van der Waals surface area contributed by atoms with Crippen molar-refractivity contribution in [1.82, 2.24) is 20.0 Å². The van der Waals surface area contributed by atoms with E-state index in [2.05, 4.69) is 15.3 Å². The summed E-state index contributed by atoms with van der Waals surface area (Å²) in [7, 11) is 0. The molecule has 2 rings (SSSR count). The normalized spacial score (nSPS) is 10.4. The van der Waals surface area contributed by atoms with Crippen LogP contribution in [0.4, 0.5) is 0 Å². The van der Waals surface area contributed by atoms with Crippen molar-refractivity contribution in [2.75, 3.05) is 0 Å². The Kier molecular flexibility index (Phi) is 2.52. The molecule has 0 aliphatic carbocycles. The van der Waals surface area contributed by atoms with Gasteiger partial charge in [-0.15, -0.1) is 5.10 Å². The predicted octanol–water partition coefficient (Wildman–Crippen LogP) is 1.48. The Labute approximate surface area is 93.1 Å². The largest absolute Gasteiger partial charge is 0.293 e. The zero-order valence-corrected chi connectivity index (χ0v) is 9.43. The van der Waals surface area contributed by atoms with Crippen molar-refractivity contribution in [2.24, 2.45) is 0 Å². The average Bonchev–Trinajstić information content (AvgIpc) is 2.70. The summed E-state index contributed by atoms with van der Waals surface area (Å²) in [4.78, 5) is 15.3. The van der Waals surface area contributed by atoms with Gasteiger partial charge in [-0.25, -0.2) is 4.68 Å². The van der Waals surface area contributed by atoms with Crippen LogP contribution in [0, 0.1) is 13.8 Å². The first-order valence-electron chi connectivity index (χ1n) is 4.95. The molecule has 0 spiro atoms. The highest BCUT2D eigenvalue weighted by molar-refractivity contribution is 5.91. The standard InChI is InChI=1S/C11H12N4O/c1-7-4-11(8(2)12-5-7)15-6-10(9(3)16)13-14-15/h4-6H,1-3H3. The third-order valence-electron chi connectivity index (χ3n) is 2.30. The van der Waals surface area contributed by atoms with Gasteiger partial charge in [0.15, 0.2) is 5.78 Å². The van der Waals surface area contributed by atoms with Gasteiger partial charge in [0, 0.05) is 13.1 Å². The van der Waals surface area contributed by atoms with Crippen LogP contribution >= 0.6 is 0 Å². The third kappa shape index (κ3) is 1.84. The minimum Gasteiger partial charge on any atom is -0.293 e. The summed E-state index contributed by atoms with van der Waals surface area (Å²) in [6.45, 7) is 5.32. The molecule has 0 unspecified atom stereocenters. The Bertz CT molecular complexity index is 545. The Balaban J connectivity index is 2.50. The van der Waals surface area contributed by atoms with E-state index in [0.29, 0.717) is 5.69 Å². The van der Waals surface area contributed by atoms with E-state index in [1.165, 1.54) is 6.92 Å². The number of aryl methyl sites for hydroxylation is 2. The van der Waals surface area contributed by atoms with Crippen LogP contribution in [0.1, 0.15) is 28.7 Å². The molecule has 0 fully saturated rings. The first-order chi connectivity index (χ1) is 7.58. The molecule has 0 N–H and O–H groups in total. The summed E-state index contributed by atoms with van der Waals surface area (Å²) in [5.41, 5.74) is 3.10. The van der Waals surface area contributed by atoms with Crippen LogP contribution < -0.4 is 0 Å². The molecule has 16 heavy (non-hydrogen) atoms. The monoisotopic (exact) mass is 216 g/mol. The van der Waals surface area contributed by atoms with Crippen LogP contribution in [0.15, 0.2) is 18.5 Å². The highest BCUT2D eigenvalue weighted by Gasteiger charge is 2.08. The van der Waals surface area contributed by atoms with Crippen LogP contribution in [0.25, 0.3) is 5.69 Å². The Morgan fingerprint density at radius 3 is 2.75 bits per heavy atom. The van der Waals surface area contributed by atoms with Crippen molar-refractivity contribution in [3.8, 4) is 5.69 Å². The number of aromatic nitrogens is 4. The summed E-state index contributed by atoms with van der Waals surface area (Å²) in [6, 6.07) is 1.96. The van der Waals surface area contributed by atoms with Gasteiger partial charge in [-0.1, -0.05) is 5.21 Å². The van der Waals surface area contributed by atoms with Crippen molar-refractivity contribution in [3.63, 3.8) is 0 Å². The number of rotatable bonds is 2. The summed E-state index contributed by atoms with van der Waals surface area (Å²) in [5.74, 6) is -0.0930. The number of carbonyl (C=O) groups is 1. The van der Waals surface area contributed by atoms with E-state index in [9.17, 15) is 4.79 Å². The van der Waals surface area contributed by atoms with Crippen molar-refractivity contribution >= 4 is 5.78 Å². The highest BCUT2D eigenvalue weighted by Crippen LogP contribution is 2.12. The molecule has 0 aliphatic rings. The average molecular weight is 216 g/mol. The molecular formula is C11H12N4O. The summed E-state index contributed by atoms with van der Waals surface area (Å²) < 4.78 is 1.58. The van der Waals surface area contributed by atoms with Gasteiger partial charge in [-0.05, 0) is 25.5 Å². The van der Waals surface area contributed by atoms with Crippen LogP contribution in [-0.4, -0.2) is 25.8 Å². The molecule has 0 radical (unpaired) electrons. The van der Waals surface area contributed by atoms with E-state index in [0.717, 1.165) is 16.9 Å². The van der Waals surface area contributed by atoms with E-state index in [1.807, 2.05) is 19.9 Å². The molecule has 0 aromatic carbocycles. The molecule has 2 aromatic rings. The number of hydrogen-bond donors (Lipinski definition) is 0. The van der Waals surface area contributed by atoms with Gasteiger partial charge in [0.05, 0.1) is 17.6 Å². The lowest BCUT2D eigenvalue weighted by molar-refractivity contribution is 0.101. The van der Waals surface area contributed by atoms with Gasteiger partial charge >= 0.3 is 0 Å². The molecule has 5 nitrogen and oxygen atoms in total. The second-order valence-electron chi connectivity index (χ2n) is 3.72. The number of carbonyl (C=O) groups excluding carboxylic acids is 1. The van der Waals surface area contributed by atoms with E-state index in [-0.39, 0.29) is 5.78 Å². The van der Waals surface area contributed by atoms with E-state index in [4.69, 9.17) is 0 Å². The van der Waals surface area contributed by atoms with Crippen LogP contribution in [0.2, 0.25) is 0 Å². The van der Waals surface area contributed by atoms with Gasteiger partial charge < -0.3 is 0 Å². The summed E-state index contributed by atoms with van der Waals surface area (Å²) >= 11 is 0. The lowest BCUT2D eigenvalue weighted by Gasteiger charge is -2.04. The van der Waals surface area contributed by atoms with Crippen molar-refractivity contribution in [2.45, 2.75) is 20.8 Å². The molecule has 0 bridgehead atoms. The Morgan fingerprint density at radius 2 is 2.12 bits per heavy atom. The highest BCUT2D eigenvalue weighted by atomic mass is 16.1. The second-order valence-corrected chi connectivity index (χ2v) is 3.72. The lowest BCUT2D eigenvalue weighted by Crippen LogP contribution is -2.00. The quantitative estimate of drug-likeness (QED) is 0.713. The van der Waals surface area contributed by atoms with E-state index < -0.39 is 0 Å². The molecule has 2 heterocycles. The minimum absolute atomic E-state index is 0.0930. The first kappa shape index (κ1) is 10.5. The van der Waals surface area contributed by atoms with Gasteiger partial charge in [0.2, 0.25) is 0 Å². The van der Waals surface area contributed by atoms with Crippen molar-refractivity contribution in [1.29, 1.82) is 0 Å². The topological polar surface area (TPSA) is 60.7 Å². The SMILES string of the molecule is CC(=O)c1cn(-c2cc(C)cnc2C)nn1. The lowest BCUT2D eigenvalue weighted by atomic mass is 10.2. The fraction of sp³-hybridized carbons (Fsp3) is 0.273. The van der Waals surface area contributed by atoms with Crippen LogP contribution in [0.3, 0.4) is 0 Å². The van der Waals surface area contributed by atoms with E-state index in [1.54, 1.807) is 17.1 Å². The summed E-state index contributed by atoms with van der Waals surface area (Å²) in [5, 5.41) is 7.71. The predicted molar refractivity (Wildman–Crippen MR) is 58.6 cm³/mol. The first-order valence-corrected chi connectivity index (χ1v) is 4.95. The van der Waals surface area contributed by atoms with Gasteiger partial charge in [0.1, 0.15) is 5.69 Å². The number of ketones is 1. The van der Waals surface area contributed by atoms with Crippen LogP contribution in [-0.2, 0) is 0 Å². The van der Waals surface area contributed by atoms with Crippen molar-refractivity contribution < 1.29 is 4.79 Å². The van der Waals surface area contributed by atoms with Crippen LogP contribution in [0.5, 0.6) is 0 Å². The minimum atomic E-state index is -0.0930. The second kappa shape index (κ2) is 3.84. The Hall–Kier alpha value is -2.04. The Morgan fingerprint density at radius 1 is 1.38 bits per heavy atom. The van der Waals surface area contributed by atoms with Gasteiger partial charge in [0.25, 0.3) is 0 Å².